The molecule has 5 N–H and O–H groups in total. The van der Waals surface area contributed by atoms with E-state index in [2.05, 4.69) is 47.9 Å². The SMILES string of the molecule is CO[C@H](CN(CC(F)(F)F)C1CC(CCc2nc3ccc(C(C)(C)C)cc3[nH]2)C1)[C@@H](O)[C@@H](O)n1ccc2c(N)ncnc21. The number of aromatic amines is 1. The highest BCUT2D eigenvalue weighted by Crippen LogP contribution is 2.37. The Balaban J connectivity index is 1.21. The summed E-state index contributed by atoms with van der Waals surface area (Å²) in [6, 6.07) is 7.51. The first-order valence-corrected chi connectivity index (χ1v) is 14.5. The van der Waals surface area contributed by atoms with E-state index in [0.29, 0.717) is 30.3 Å². The lowest BCUT2D eigenvalue weighted by Crippen LogP contribution is -2.53. The van der Waals surface area contributed by atoms with Crippen molar-refractivity contribution in [3.05, 3.63) is 48.2 Å². The van der Waals surface area contributed by atoms with Gasteiger partial charge < -0.3 is 30.2 Å². The molecule has 1 aromatic carbocycles. The third kappa shape index (κ3) is 6.95. The number of aliphatic hydroxyl groups excluding tert-OH is 2. The molecule has 1 fully saturated rings. The Hall–Kier alpha value is -3.26. The third-order valence-corrected chi connectivity index (χ3v) is 8.52. The van der Waals surface area contributed by atoms with Crippen LogP contribution in [0.2, 0.25) is 0 Å². The summed E-state index contributed by atoms with van der Waals surface area (Å²) in [4.78, 5) is 17.4. The fourth-order valence-electron chi connectivity index (χ4n) is 5.91. The molecule has 5 rings (SSSR count). The summed E-state index contributed by atoms with van der Waals surface area (Å²) in [5.41, 5.74) is 9.29. The van der Waals surface area contributed by atoms with Crippen molar-refractivity contribution in [2.45, 2.75) is 82.5 Å². The number of hydrogen-bond donors (Lipinski definition) is 4. The van der Waals surface area contributed by atoms with Crippen molar-refractivity contribution >= 4 is 27.9 Å². The minimum Gasteiger partial charge on any atom is -0.386 e. The number of rotatable bonds is 11. The van der Waals surface area contributed by atoms with Crippen LogP contribution in [0.5, 0.6) is 0 Å². The molecule has 0 bridgehead atoms. The number of aromatic nitrogens is 5. The minimum atomic E-state index is -4.43. The van der Waals surface area contributed by atoms with Crippen LogP contribution < -0.4 is 5.73 Å². The number of nitrogens with one attached hydrogen (secondary N) is 1. The van der Waals surface area contributed by atoms with Gasteiger partial charge in [0.2, 0.25) is 0 Å². The van der Waals surface area contributed by atoms with Crippen LogP contribution in [0.25, 0.3) is 22.1 Å². The minimum absolute atomic E-state index is 0.0266. The Bertz CT molecular complexity index is 1540. The van der Waals surface area contributed by atoms with E-state index in [-0.39, 0.29) is 29.7 Å². The molecule has 0 amide bonds. The number of H-pyrrole nitrogens is 1. The second-order valence-corrected chi connectivity index (χ2v) is 12.6. The molecule has 43 heavy (non-hydrogen) atoms. The summed E-state index contributed by atoms with van der Waals surface area (Å²) in [6.45, 7) is 5.14. The van der Waals surface area contributed by atoms with E-state index in [1.165, 1.54) is 34.7 Å². The van der Waals surface area contributed by atoms with Gasteiger partial charge in [0.1, 0.15) is 35.8 Å². The highest BCUT2D eigenvalue weighted by Gasteiger charge is 2.42. The Labute approximate surface area is 248 Å². The van der Waals surface area contributed by atoms with Gasteiger partial charge in [0.15, 0.2) is 6.23 Å². The van der Waals surface area contributed by atoms with Gasteiger partial charge in [-0.3, -0.25) is 4.90 Å². The van der Waals surface area contributed by atoms with Crippen LogP contribution in [0.15, 0.2) is 36.8 Å². The van der Waals surface area contributed by atoms with Crippen LogP contribution >= 0.6 is 0 Å². The molecule has 10 nitrogen and oxygen atoms in total. The van der Waals surface area contributed by atoms with Gasteiger partial charge in [-0.1, -0.05) is 26.8 Å². The highest BCUT2D eigenvalue weighted by atomic mass is 19.4. The maximum absolute atomic E-state index is 13.6. The van der Waals surface area contributed by atoms with Gasteiger partial charge in [-0.2, -0.15) is 13.2 Å². The number of nitrogen functional groups attached to an aromatic ring is 1. The molecule has 0 spiro atoms. The maximum Gasteiger partial charge on any atom is 0.401 e. The summed E-state index contributed by atoms with van der Waals surface area (Å²) in [7, 11) is 1.31. The molecule has 13 heteroatoms. The molecule has 0 aliphatic heterocycles. The number of nitrogens with two attached hydrogens (primary N) is 1. The molecular weight excluding hydrogens is 563 g/mol. The first-order chi connectivity index (χ1) is 20.2. The number of alkyl halides is 3. The predicted molar refractivity (Wildman–Crippen MR) is 157 cm³/mol. The van der Waals surface area contributed by atoms with Gasteiger partial charge in [-0.05, 0) is 54.4 Å². The molecule has 1 saturated carbocycles. The van der Waals surface area contributed by atoms with Crippen molar-refractivity contribution in [2.75, 3.05) is 25.9 Å². The molecule has 0 saturated heterocycles. The lowest BCUT2D eigenvalue weighted by Gasteiger charge is -2.45. The number of hydrogen-bond acceptors (Lipinski definition) is 8. The number of halogens is 3. The Morgan fingerprint density at radius 2 is 1.91 bits per heavy atom. The molecule has 1 aliphatic rings. The number of imidazole rings is 1. The molecular formula is C30H40F3N7O3. The largest absolute Gasteiger partial charge is 0.401 e. The fraction of sp³-hybridized carbons (Fsp3) is 0.567. The maximum atomic E-state index is 13.6. The first kappa shape index (κ1) is 31.2. The Morgan fingerprint density at radius 1 is 1.16 bits per heavy atom. The lowest BCUT2D eigenvalue weighted by atomic mass is 9.76. The molecule has 234 valence electrons. The van der Waals surface area contributed by atoms with Gasteiger partial charge in [0.05, 0.1) is 23.0 Å². The normalized spacial score (nSPS) is 20.0. The Kier molecular flexibility index (Phi) is 8.72. The molecule has 3 aromatic heterocycles. The van der Waals surface area contributed by atoms with Gasteiger partial charge in [0, 0.05) is 32.3 Å². The second-order valence-electron chi connectivity index (χ2n) is 12.6. The van der Waals surface area contributed by atoms with E-state index >= 15 is 0 Å². The van der Waals surface area contributed by atoms with Crippen LogP contribution in [0.4, 0.5) is 19.0 Å². The van der Waals surface area contributed by atoms with Crippen molar-refractivity contribution in [2.24, 2.45) is 5.92 Å². The topological polar surface area (TPSA) is 138 Å². The van der Waals surface area contributed by atoms with Gasteiger partial charge in [-0.25, -0.2) is 15.0 Å². The van der Waals surface area contributed by atoms with Crippen molar-refractivity contribution in [1.82, 2.24) is 29.4 Å². The monoisotopic (exact) mass is 603 g/mol. The zero-order valence-corrected chi connectivity index (χ0v) is 24.8. The van der Waals surface area contributed by atoms with E-state index < -0.39 is 31.2 Å². The zero-order valence-electron chi connectivity index (χ0n) is 24.8. The summed E-state index contributed by atoms with van der Waals surface area (Å²) < 4.78 is 47.6. The summed E-state index contributed by atoms with van der Waals surface area (Å²) in [6.07, 6.45) is -3.15. The van der Waals surface area contributed by atoms with Gasteiger partial charge >= 0.3 is 6.18 Å². The molecule has 0 radical (unpaired) electrons. The highest BCUT2D eigenvalue weighted by molar-refractivity contribution is 5.86. The first-order valence-electron chi connectivity index (χ1n) is 14.5. The number of fused-ring (bicyclic) bond motifs is 2. The summed E-state index contributed by atoms with van der Waals surface area (Å²) >= 11 is 0. The molecule has 3 heterocycles. The van der Waals surface area contributed by atoms with Crippen LogP contribution in [-0.4, -0.2) is 84.2 Å². The quantitative estimate of drug-likeness (QED) is 0.199. The van der Waals surface area contributed by atoms with Crippen molar-refractivity contribution in [3.63, 3.8) is 0 Å². The number of anilines is 1. The van der Waals surface area contributed by atoms with Crippen LogP contribution in [0, 0.1) is 5.92 Å². The van der Waals surface area contributed by atoms with Gasteiger partial charge in [-0.15, -0.1) is 0 Å². The number of nitrogens with zero attached hydrogens (tertiary/aromatic N) is 5. The fourth-order valence-corrected chi connectivity index (χ4v) is 5.91. The van der Waals surface area contributed by atoms with Crippen LogP contribution in [0.3, 0.4) is 0 Å². The van der Waals surface area contributed by atoms with Crippen molar-refractivity contribution in [1.29, 1.82) is 0 Å². The van der Waals surface area contributed by atoms with Crippen LogP contribution in [0.1, 0.15) is 57.6 Å². The number of aryl methyl sites for hydroxylation is 1. The average molecular weight is 604 g/mol. The van der Waals surface area contributed by atoms with Crippen LogP contribution in [-0.2, 0) is 16.6 Å². The second kappa shape index (κ2) is 12.0. The predicted octanol–water partition coefficient (Wildman–Crippen LogP) is 4.33. The van der Waals surface area contributed by atoms with E-state index in [1.807, 2.05) is 6.07 Å². The molecule has 0 unspecified atom stereocenters. The number of benzene rings is 1. The van der Waals surface area contributed by atoms with Crippen molar-refractivity contribution in [3.8, 4) is 0 Å². The Morgan fingerprint density at radius 3 is 2.58 bits per heavy atom. The zero-order chi connectivity index (χ0) is 31.1. The number of aliphatic hydroxyl groups is 2. The summed E-state index contributed by atoms with van der Waals surface area (Å²) in [5, 5.41) is 22.4. The van der Waals surface area contributed by atoms with Gasteiger partial charge in [0.25, 0.3) is 0 Å². The smallest absolute Gasteiger partial charge is 0.386 e. The average Bonchev–Trinajstić information content (AvgIpc) is 3.52. The molecule has 3 atom stereocenters. The molecule has 1 aliphatic carbocycles. The van der Waals surface area contributed by atoms with E-state index in [0.717, 1.165) is 23.3 Å². The van der Waals surface area contributed by atoms with E-state index in [1.54, 1.807) is 6.07 Å². The lowest BCUT2D eigenvalue weighted by molar-refractivity contribution is -0.169. The standard InChI is InChI=1S/C30H40F3N7O3/c1-29(2,3)18-6-7-21-22(13-18)38-24(37-21)8-5-17-11-19(12-17)39(15-30(31,32)33)14-23(43-4)25(41)28(42)40-10-9-20-26(34)35-16-36-27(20)40/h6-7,9-10,13,16-17,19,23,25,28,41-42H,5,8,11-12,14-15H2,1-4H3,(H,37,38)(H2,34,35,36)/t17?,19?,23-,25-,28-/m1/s1. The number of methoxy groups -OCH3 is 1. The van der Waals surface area contributed by atoms with Crippen molar-refractivity contribution < 1.29 is 28.1 Å². The molecule has 4 aromatic rings. The van der Waals surface area contributed by atoms with E-state index in [4.69, 9.17) is 15.5 Å². The third-order valence-electron chi connectivity index (χ3n) is 8.52. The van der Waals surface area contributed by atoms with E-state index in [9.17, 15) is 23.4 Å². The number of ether oxygens (including phenoxy) is 1. The summed E-state index contributed by atoms with van der Waals surface area (Å²) in [5.74, 6) is 1.34.